The predicted octanol–water partition coefficient (Wildman–Crippen LogP) is 4.44. The largest absolute Gasteiger partial charge is 0.490 e. The van der Waals surface area contributed by atoms with Crippen molar-refractivity contribution in [2.75, 3.05) is 13.2 Å². The molecular formula is C21H20N2O5. The summed E-state index contributed by atoms with van der Waals surface area (Å²) in [7, 11) is 0. The van der Waals surface area contributed by atoms with Gasteiger partial charge in [0.05, 0.1) is 13.2 Å². The Bertz CT molecular complexity index is 1100. The van der Waals surface area contributed by atoms with Gasteiger partial charge >= 0.3 is 0 Å². The smallest absolute Gasteiger partial charge is 0.258 e. The summed E-state index contributed by atoms with van der Waals surface area (Å²) in [6.45, 7) is 4.78. The molecule has 7 heteroatoms. The molecule has 0 radical (unpaired) electrons. The second kappa shape index (κ2) is 7.74. The van der Waals surface area contributed by atoms with E-state index in [0.717, 1.165) is 16.5 Å². The molecule has 7 nitrogen and oxygen atoms in total. The molecule has 4 aromatic rings. The van der Waals surface area contributed by atoms with E-state index in [2.05, 4.69) is 10.1 Å². The highest BCUT2D eigenvalue weighted by atomic mass is 16.5. The van der Waals surface area contributed by atoms with Gasteiger partial charge in [-0.15, -0.1) is 0 Å². The Labute approximate surface area is 161 Å². The van der Waals surface area contributed by atoms with E-state index in [-0.39, 0.29) is 6.61 Å². The lowest BCUT2D eigenvalue weighted by Crippen LogP contribution is -1.98. The molecule has 0 spiro atoms. The van der Waals surface area contributed by atoms with E-state index in [4.69, 9.17) is 18.4 Å². The summed E-state index contributed by atoms with van der Waals surface area (Å²) < 4.78 is 22.2. The lowest BCUT2D eigenvalue weighted by Gasteiger charge is -2.11. The Kier molecular flexibility index (Phi) is 4.99. The van der Waals surface area contributed by atoms with Crippen molar-refractivity contribution in [2.45, 2.75) is 20.5 Å². The number of nitrogens with zero attached hydrogens (tertiary/aromatic N) is 2. The molecule has 0 saturated heterocycles. The molecule has 0 atom stereocenters. The molecule has 1 N–H and O–H groups in total. The van der Waals surface area contributed by atoms with Gasteiger partial charge in [-0.25, -0.2) is 0 Å². The zero-order chi connectivity index (χ0) is 19.5. The van der Waals surface area contributed by atoms with E-state index in [1.54, 1.807) is 6.07 Å². The first-order chi connectivity index (χ1) is 13.7. The minimum Gasteiger partial charge on any atom is -0.490 e. The van der Waals surface area contributed by atoms with Crippen LogP contribution in [0.3, 0.4) is 0 Å². The van der Waals surface area contributed by atoms with E-state index in [9.17, 15) is 5.11 Å². The molecule has 4 rings (SSSR count). The van der Waals surface area contributed by atoms with Crippen molar-refractivity contribution in [1.82, 2.24) is 10.1 Å². The molecule has 0 aliphatic heterocycles. The number of furan rings is 1. The van der Waals surface area contributed by atoms with Crippen LogP contribution in [0.5, 0.6) is 11.5 Å². The van der Waals surface area contributed by atoms with Gasteiger partial charge in [-0.1, -0.05) is 5.16 Å². The first-order valence-electron chi connectivity index (χ1n) is 9.09. The molecule has 144 valence electrons. The number of aliphatic hydroxyl groups is 1. The average molecular weight is 380 g/mol. The van der Waals surface area contributed by atoms with Crippen LogP contribution >= 0.6 is 0 Å². The number of fused-ring (bicyclic) bond motifs is 1. The van der Waals surface area contributed by atoms with E-state index in [0.29, 0.717) is 47.8 Å². The topological polar surface area (TPSA) is 90.8 Å². The van der Waals surface area contributed by atoms with Crippen LogP contribution in [0, 0.1) is 0 Å². The van der Waals surface area contributed by atoms with Gasteiger partial charge in [-0.3, -0.25) is 0 Å². The number of aromatic nitrogens is 2. The summed E-state index contributed by atoms with van der Waals surface area (Å²) in [5.41, 5.74) is 2.24. The highest BCUT2D eigenvalue weighted by Gasteiger charge is 2.15. The van der Waals surface area contributed by atoms with Crippen molar-refractivity contribution >= 4 is 11.0 Å². The van der Waals surface area contributed by atoms with Gasteiger partial charge in [0.2, 0.25) is 5.82 Å². The standard InChI is InChI=1S/C21H20N2O5/c1-3-25-18-8-6-14(11-19(18)26-4-2)21-22-20(23-28-21)13-5-7-17-15(9-13)10-16(12-24)27-17/h5-11,24H,3-4,12H2,1-2H3. The second-order valence-electron chi connectivity index (χ2n) is 6.07. The normalized spacial score (nSPS) is 11.1. The Morgan fingerprint density at radius 2 is 1.71 bits per heavy atom. The number of benzene rings is 2. The van der Waals surface area contributed by atoms with E-state index in [1.807, 2.05) is 50.2 Å². The molecular weight excluding hydrogens is 360 g/mol. The molecule has 0 aliphatic rings. The second-order valence-corrected chi connectivity index (χ2v) is 6.07. The summed E-state index contributed by atoms with van der Waals surface area (Å²) in [5.74, 6) is 2.69. The third-order valence-corrected chi connectivity index (χ3v) is 4.20. The zero-order valence-corrected chi connectivity index (χ0v) is 15.6. The molecule has 0 amide bonds. The van der Waals surface area contributed by atoms with Crippen LogP contribution in [0.25, 0.3) is 33.8 Å². The van der Waals surface area contributed by atoms with Crippen LogP contribution in [0.4, 0.5) is 0 Å². The summed E-state index contributed by atoms with van der Waals surface area (Å²) in [4.78, 5) is 4.51. The van der Waals surface area contributed by atoms with Gasteiger partial charge in [-0.2, -0.15) is 4.98 Å². The molecule has 0 fully saturated rings. The fourth-order valence-corrected chi connectivity index (χ4v) is 2.96. The van der Waals surface area contributed by atoms with Gasteiger partial charge < -0.3 is 23.5 Å². The van der Waals surface area contributed by atoms with Gasteiger partial charge in [-0.05, 0) is 56.3 Å². The first kappa shape index (κ1) is 18.1. The van der Waals surface area contributed by atoms with E-state index in [1.165, 1.54) is 0 Å². The fraction of sp³-hybridized carbons (Fsp3) is 0.238. The number of aliphatic hydroxyl groups excluding tert-OH is 1. The molecule has 0 unspecified atom stereocenters. The molecule has 2 aromatic carbocycles. The first-order valence-corrected chi connectivity index (χ1v) is 9.09. The number of rotatable bonds is 7. The number of ether oxygens (including phenoxy) is 2. The third-order valence-electron chi connectivity index (χ3n) is 4.20. The summed E-state index contributed by atoms with van der Waals surface area (Å²) in [5, 5.41) is 14.2. The SMILES string of the molecule is CCOc1ccc(-c2nc(-c3ccc4oc(CO)cc4c3)no2)cc1OCC. The molecule has 0 saturated carbocycles. The van der Waals surface area contributed by atoms with Crippen molar-refractivity contribution in [3.8, 4) is 34.3 Å². The molecule has 2 heterocycles. The summed E-state index contributed by atoms with van der Waals surface area (Å²) in [6.07, 6.45) is 0. The Hall–Kier alpha value is -3.32. The number of hydrogen-bond acceptors (Lipinski definition) is 7. The molecule has 28 heavy (non-hydrogen) atoms. The third kappa shape index (κ3) is 3.44. The Morgan fingerprint density at radius 3 is 2.50 bits per heavy atom. The maximum absolute atomic E-state index is 9.22. The highest BCUT2D eigenvalue weighted by Crippen LogP contribution is 2.33. The Morgan fingerprint density at radius 1 is 0.929 bits per heavy atom. The van der Waals surface area contributed by atoms with Crippen LogP contribution in [-0.4, -0.2) is 28.5 Å². The Balaban J connectivity index is 1.66. The van der Waals surface area contributed by atoms with Gasteiger partial charge in [0.1, 0.15) is 18.0 Å². The van der Waals surface area contributed by atoms with Crippen LogP contribution in [0.1, 0.15) is 19.6 Å². The fourth-order valence-electron chi connectivity index (χ4n) is 2.96. The molecule has 0 bridgehead atoms. The minimum atomic E-state index is -0.143. The van der Waals surface area contributed by atoms with E-state index < -0.39 is 0 Å². The number of hydrogen-bond donors (Lipinski definition) is 1. The van der Waals surface area contributed by atoms with Crippen LogP contribution in [-0.2, 0) is 6.61 Å². The molecule has 0 aliphatic carbocycles. The van der Waals surface area contributed by atoms with Crippen molar-refractivity contribution in [3.05, 3.63) is 48.2 Å². The maximum Gasteiger partial charge on any atom is 0.258 e. The van der Waals surface area contributed by atoms with Crippen molar-refractivity contribution in [1.29, 1.82) is 0 Å². The average Bonchev–Trinajstić information content (AvgIpc) is 3.36. The van der Waals surface area contributed by atoms with Crippen molar-refractivity contribution < 1.29 is 23.5 Å². The lowest BCUT2D eigenvalue weighted by molar-refractivity contribution is 0.251. The molecule has 2 aromatic heterocycles. The lowest BCUT2D eigenvalue weighted by atomic mass is 10.1. The van der Waals surface area contributed by atoms with Crippen LogP contribution in [0.15, 0.2) is 51.4 Å². The monoisotopic (exact) mass is 380 g/mol. The van der Waals surface area contributed by atoms with Gasteiger partial charge in [0.15, 0.2) is 11.5 Å². The maximum atomic E-state index is 9.22. The minimum absolute atomic E-state index is 0.143. The highest BCUT2D eigenvalue weighted by molar-refractivity contribution is 5.83. The van der Waals surface area contributed by atoms with Gasteiger partial charge in [0, 0.05) is 16.5 Å². The zero-order valence-electron chi connectivity index (χ0n) is 15.6. The van der Waals surface area contributed by atoms with Crippen molar-refractivity contribution in [3.63, 3.8) is 0 Å². The summed E-state index contributed by atoms with van der Waals surface area (Å²) >= 11 is 0. The summed E-state index contributed by atoms with van der Waals surface area (Å²) in [6, 6.07) is 12.9. The van der Waals surface area contributed by atoms with E-state index >= 15 is 0 Å². The van der Waals surface area contributed by atoms with Crippen LogP contribution < -0.4 is 9.47 Å². The predicted molar refractivity (Wildman–Crippen MR) is 103 cm³/mol. The quantitative estimate of drug-likeness (QED) is 0.507. The van der Waals surface area contributed by atoms with Crippen molar-refractivity contribution in [2.24, 2.45) is 0 Å². The van der Waals surface area contributed by atoms with Gasteiger partial charge in [0.25, 0.3) is 5.89 Å². The van der Waals surface area contributed by atoms with Crippen LogP contribution in [0.2, 0.25) is 0 Å².